The lowest BCUT2D eigenvalue weighted by Gasteiger charge is -2.58. The molecule has 4 amide bonds. The summed E-state index contributed by atoms with van der Waals surface area (Å²) in [5, 5.41) is 33.6. The fourth-order valence-electron chi connectivity index (χ4n) is 9.79. The van der Waals surface area contributed by atoms with Crippen LogP contribution in [0.5, 0.6) is 0 Å². The Morgan fingerprint density at radius 2 is 0.978 bits per heavy atom. The molecular weight excluding hydrogens is 669 g/mol. The van der Waals surface area contributed by atoms with Crippen molar-refractivity contribution in [2.75, 3.05) is 24.7 Å². The van der Waals surface area contributed by atoms with E-state index in [2.05, 4.69) is 10.6 Å². The normalized spacial score (nSPS) is 47.0. The van der Waals surface area contributed by atoms with Crippen LogP contribution in [0.3, 0.4) is 0 Å². The number of benzene rings is 2. The summed E-state index contributed by atoms with van der Waals surface area (Å²) >= 11 is 0. The molecule has 12 nitrogen and oxygen atoms in total. The summed E-state index contributed by atoms with van der Waals surface area (Å²) in [5.74, 6) is -1.52. The van der Waals surface area contributed by atoms with Crippen LogP contribution in [0, 0.1) is 0 Å². The highest BCUT2D eigenvalue weighted by Gasteiger charge is 2.92. The maximum Gasteiger partial charge on any atom is 0.264 e. The van der Waals surface area contributed by atoms with Crippen LogP contribution in [-0.2, 0) is 30.0 Å². The number of piperazine rings is 2. The summed E-state index contributed by atoms with van der Waals surface area (Å²) in [4.78, 5) is 58.2. The molecule has 0 saturated carbocycles. The van der Waals surface area contributed by atoms with Gasteiger partial charge in [-0.2, -0.15) is 0 Å². The molecule has 238 valence electrons. The van der Waals surface area contributed by atoms with Gasteiger partial charge in [0.2, 0.25) is 9.74 Å². The van der Waals surface area contributed by atoms with Gasteiger partial charge >= 0.3 is 0 Å². The Morgan fingerprint density at radius 1 is 0.609 bits per heavy atom. The number of hydrogen-bond acceptors (Lipinski definition) is 12. The summed E-state index contributed by atoms with van der Waals surface area (Å²) in [6.45, 7) is 3.42. The number of likely N-dealkylation sites (N-methyl/N-ethyl adjacent to an activating group) is 2. The van der Waals surface area contributed by atoms with Crippen molar-refractivity contribution in [2.24, 2.45) is 0 Å². The first-order valence-corrected chi connectivity index (χ1v) is 19.2. The fourth-order valence-corrected chi connectivity index (χ4v) is 16.9. The Balaban J connectivity index is 1.36. The number of para-hydroxylation sites is 2. The van der Waals surface area contributed by atoms with E-state index in [0.717, 1.165) is 0 Å². The first-order valence-electron chi connectivity index (χ1n) is 14.9. The van der Waals surface area contributed by atoms with Crippen molar-refractivity contribution in [1.82, 2.24) is 19.6 Å². The van der Waals surface area contributed by atoms with Crippen molar-refractivity contribution in [3.05, 3.63) is 59.7 Å². The first kappa shape index (κ1) is 28.3. The predicted molar refractivity (Wildman–Crippen MR) is 175 cm³/mol. The van der Waals surface area contributed by atoms with Crippen molar-refractivity contribution in [3.63, 3.8) is 0 Å². The average molecular weight is 697 g/mol. The molecule has 2 aromatic rings. The molecule has 1 unspecified atom stereocenters. The molecule has 0 radical (unpaired) electrons. The van der Waals surface area contributed by atoms with Crippen LogP contribution < -0.4 is 10.6 Å². The SMILES string of the molecule is CN1C(=O)[C@]23SSC1(C)C(=O)N2[C@H]1Nc2ccccc2[C@@]1([C@@]12c4ccccc4N[C@@H]1N1C(=O)[C@]4(C)SS[C@]1(C(=O)N4C)[C@H]2O)[C@@H]3O. The minimum atomic E-state index is -1.76. The van der Waals surface area contributed by atoms with Crippen molar-refractivity contribution < 1.29 is 29.4 Å². The highest BCUT2D eigenvalue weighted by molar-refractivity contribution is 8.78. The molecule has 12 rings (SSSR count). The van der Waals surface area contributed by atoms with Gasteiger partial charge in [0.1, 0.15) is 24.5 Å². The highest BCUT2D eigenvalue weighted by atomic mass is 33.1. The monoisotopic (exact) mass is 696 g/mol. The Bertz CT molecular complexity index is 1760. The number of rotatable bonds is 1. The zero-order chi connectivity index (χ0) is 32.1. The van der Waals surface area contributed by atoms with E-state index in [1.54, 1.807) is 27.9 Å². The molecule has 4 bridgehead atoms. The van der Waals surface area contributed by atoms with Gasteiger partial charge in [0.25, 0.3) is 23.6 Å². The van der Waals surface area contributed by atoms with Crippen LogP contribution in [0.1, 0.15) is 25.0 Å². The molecular formula is C30H28N6O6S4. The summed E-state index contributed by atoms with van der Waals surface area (Å²) in [6, 6.07) is 14.8. The molecule has 8 saturated heterocycles. The molecule has 10 heterocycles. The lowest BCUT2D eigenvalue weighted by molar-refractivity contribution is -0.166. The third-order valence-corrected chi connectivity index (χ3v) is 19.5. The Labute approximate surface area is 279 Å². The molecule has 10 atom stereocenters. The van der Waals surface area contributed by atoms with Gasteiger partial charge in [0.05, 0.1) is 10.8 Å². The summed E-state index contributed by atoms with van der Waals surface area (Å²) in [6.07, 6.45) is -5.21. The van der Waals surface area contributed by atoms with Crippen molar-refractivity contribution in [1.29, 1.82) is 0 Å². The number of hydrogen-bond donors (Lipinski definition) is 4. The summed E-state index contributed by atoms with van der Waals surface area (Å²) < 4.78 is 0. The fraction of sp³-hybridized carbons (Fsp3) is 0.467. The maximum absolute atomic E-state index is 14.7. The maximum atomic E-state index is 14.7. The van der Waals surface area contributed by atoms with Crippen LogP contribution in [0.2, 0.25) is 0 Å². The zero-order valence-electron chi connectivity index (χ0n) is 24.9. The Kier molecular flexibility index (Phi) is 4.87. The van der Waals surface area contributed by atoms with Gasteiger partial charge < -0.3 is 30.6 Å². The van der Waals surface area contributed by atoms with E-state index in [-0.39, 0.29) is 11.8 Å². The third kappa shape index (κ3) is 2.30. The van der Waals surface area contributed by atoms with Crippen LogP contribution in [-0.4, -0.2) is 112 Å². The number of carbonyl (C=O) groups is 4. The molecule has 0 aromatic heterocycles. The van der Waals surface area contributed by atoms with Crippen LogP contribution in [0.25, 0.3) is 0 Å². The zero-order valence-corrected chi connectivity index (χ0v) is 28.1. The van der Waals surface area contributed by atoms with E-state index in [1.807, 2.05) is 48.5 Å². The molecule has 0 aliphatic carbocycles. The largest absolute Gasteiger partial charge is 0.388 e. The van der Waals surface area contributed by atoms with E-state index in [9.17, 15) is 29.4 Å². The number of carbonyl (C=O) groups excluding carboxylic acids is 4. The molecule has 46 heavy (non-hydrogen) atoms. The number of nitrogens with one attached hydrogen (secondary N) is 2. The smallest absolute Gasteiger partial charge is 0.264 e. The number of fused-ring (bicyclic) bond motifs is 11. The van der Waals surface area contributed by atoms with Gasteiger partial charge in [0.15, 0.2) is 9.74 Å². The molecule has 10 aliphatic heterocycles. The third-order valence-electron chi connectivity index (χ3n) is 12.1. The lowest BCUT2D eigenvalue weighted by atomic mass is 9.52. The van der Waals surface area contributed by atoms with Gasteiger partial charge in [-0.1, -0.05) is 58.0 Å². The second-order valence-electron chi connectivity index (χ2n) is 13.5. The molecule has 16 heteroatoms. The predicted octanol–water partition coefficient (Wildman–Crippen LogP) is 1.33. The number of amides is 4. The molecule has 4 N–H and O–H groups in total. The number of aliphatic hydroxyl groups excluding tert-OH is 2. The number of aliphatic hydroxyl groups is 2. The average Bonchev–Trinajstić information content (AvgIpc) is 3.70. The molecule has 2 spiro atoms. The van der Waals surface area contributed by atoms with Crippen molar-refractivity contribution in [3.8, 4) is 0 Å². The minimum Gasteiger partial charge on any atom is -0.388 e. The number of anilines is 2. The van der Waals surface area contributed by atoms with E-state index in [0.29, 0.717) is 22.5 Å². The van der Waals surface area contributed by atoms with Gasteiger partial charge in [-0.15, -0.1) is 0 Å². The summed E-state index contributed by atoms with van der Waals surface area (Å²) in [5.41, 5.74) is -0.775. The molecule has 10 aliphatic rings. The van der Waals surface area contributed by atoms with Gasteiger partial charge in [0, 0.05) is 25.5 Å². The van der Waals surface area contributed by atoms with Gasteiger partial charge in [-0.25, -0.2) is 0 Å². The van der Waals surface area contributed by atoms with Gasteiger partial charge in [-0.3, -0.25) is 29.0 Å². The van der Waals surface area contributed by atoms with E-state index in [4.69, 9.17) is 0 Å². The van der Waals surface area contributed by atoms with Crippen molar-refractivity contribution >= 4 is 78.2 Å². The quantitative estimate of drug-likeness (QED) is 0.320. The molecule has 8 fully saturated rings. The number of nitrogens with zero attached hydrogens (tertiary/aromatic N) is 4. The van der Waals surface area contributed by atoms with Crippen LogP contribution in [0.4, 0.5) is 11.4 Å². The van der Waals surface area contributed by atoms with E-state index in [1.165, 1.54) is 62.8 Å². The molecule has 2 aromatic carbocycles. The van der Waals surface area contributed by atoms with Crippen LogP contribution in [0.15, 0.2) is 48.5 Å². The lowest BCUT2D eigenvalue weighted by Crippen LogP contribution is -2.77. The van der Waals surface area contributed by atoms with E-state index >= 15 is 0 Å². The van der Waals surface area contributed by atoms with E-state index < -0.39 is 66.7 Å². The summed E-state index contributed by atoms with van der Waals surface area (Å²) in [7, 11) is 7.98. The second-order valence-corrected chi connectivity index (χ2v) is 19.0. The second kappa shape index (κ2) is 7.92. The topological polar surface area (TPSA) is 146 Å². The standard InChI is InChI=1S/C30H28N6O6S4/c1-25-21(39)35-19-27(13-9-5-7-11-15(13)31-19,17(37)29(35,45-43-25)23(41)33(25)3)28-14-10-6-8-12-16(14)32-20(28)36-22(40)26(2)34(4)24(42)30(36,18(28)38)46-44-26/h5-12,17-20,31-32,37-38H,1-4H3/t17-,18-,19+,20+,25-,26?,27+,28+,29-,30-/m0/s1. The van der Waals surface area contributed by atoms with Gasteiger partial charge in [-0.05, 0) is 58.7 Å². The first-order chi connectivity index (χ1) is 21.8. The Morgan fingerprint density at radius 3 is 1.37 bits per heavy atom. The van der Waals surface area contributed by atoms with Crippen LogP contribution >= 0.6 is 43.2 Å². The van der Waals surface area contributed by atoms with Crippen molar-refractivity contribution in [2.45, 2.75) is 68.7 Å². The minimum absolute atomic E-state index is 0.342. The highest BCUT2D eigenvalue weighted by Crippen LogP contribution is 2.78. The Hall–Kier alpha value is -2.76.